The normalized spacial score (nSPS) is 11.3. The van der Waals surface area contributed by atoms with Gasteiger partial charge in [-0.25, -0.2) is 9.66 Å². The molecular weight excluding hydrogens is 228 g/mol. The summed E-state index contributed by atoms with van der Waals surface area (Å²) in [7, 11) is 0. The Balaban J connectivity index is 2.32. The van der Waals surface area contributed by atoms with Crippen molar-refractivity contribution in [1.82, 2.24) is 9.66 Å². The van der Waals surface area contributed by atoms with Crippen molar-refractivity contribution < 1.29 is 5.11 Å². The van der Waals surface area contributed by atoms with Crippen LogP contribution < -0.4 is 5.73 Å². The van der Waals surface area contributed by atoms with Crippen molar-refractivity contribution in [2.24, 2.45) is 5.10 Å². The van der Waals surface area contributed by atoms with Crippen molar-refractivity contribution in [3.8, 4) is 5.75 Å². The Labute approximate surface area is 106 Å². The van der Waals surface area contributed by atoms with E-state index in [4.69, 9.17) is 5.73 Å². The third kappa shape index (κ3) is 2.34. The lowest BCUT2D eigenvalue weighted by atomic mass is 10.1. The van der Waals surface area contributed by atoms with Crippen LogP contribution in [0.2, 0.25) is 0 Å². The fourth-order valence-electron chi connectivity index (χ4n) is 1.79. The molecule has 1 heterocycles. The lowest BCUT2D eigenvalue weighted by Crippen LogP contribution is -1.97. The number of rotatable bonds is 2. The maximum absolute atomic E-state index is 9.68. The number of phenols is 1. The lowest BCUT2D eigenvalue weighted by molar-refractivity contribution is 0.467. The third-order valence-electron chi connectivity index (χ3n) is 2.68. The molecule has 3 N–H and O–H groups in total. The smallest absolute Gasteiger partial charge is 0.221 e. The first-order valence-corrected chi connectivity index (χ1v) is 5.63. The van der Waals surface area contributed by atoms with Gasteiger partial charge in [0.1, 0.15) is 5.75 Å². The zero-order valence-corrected chi connectivity index (χ0v) is 10.7. The van der Waals surface area contributed by atoms with Gasteiger partial charge >= 0.3 is 0 Å². The summed E-state index contributed by atoms with van der Waals surface area (Å²) in [6.45, 7) is 5.57. The van der Waals surface area contributed by atoms with Gasteiger partial charge in [-0.2, -0.15) is 5.10 Å². The molecule has 5 heteroatoms. The molecule has 0 amide bonds. The second-order valence-corrected chi connectivity index (χ2v) is 4.33. The minimum Gasteiger partial charge on any atom is -0.507 e. The van der Waals surface area contributed by atoms with E-state index in [1.807, 2.05) is 32.9 Å². The Morgan fingerprint density at radius 2 is 1.89 bits per heavy atom. The Bertz CT molecular complexity index is 590. The molecule has 2 aromatic rings. The topological polar surface area (TPSA) is 76.4 Å². The van der Waals surface area contributed by atoms with Crippen molar-refractivity contribution >= 4 is 12.2 Å². The molecule has 2 rings (SSSR count). The summed E-state index contributed by atoms with van der Waals surface area (Å²) < 4.78 is 1.52. The molecule has 1 aromatic carbocycles. The molecule has 0 radical (unpaired) electrons. The first-order valence-electron chi connectivity index (χ1n) is 5.63. The maximum Gasteiger partial charge on any atom is 0.221 e. The molecule has 5 nitrogen and oxygen atoms in total. The quantitative estimate of drug-likeness (QED) is 0.793. The number of nitrogens with zero attached hydrogens (tertiary/aromatic N) is 3. The Kier molecular flexibility index (Phi) is 3.06. The number of nitrogen functional groups attached to an aromatic ring is 1. The first-order chi connectivity index (χ1) is 8.47. The molecule has 0 atom stereocenters. The minimum atomic E-state index is 0.324. The predicted molar refractivity (Wildman–Crippen MR) is 71.9 cm³/mol. The van der Waals surface area contributed by atoms with Crippen molar-refractivity contribution in [1.29, 1.82) is 0 Å². The Hall–Kier alpha value is -2.30. The van der Waals surface area contributed by atoms with Crippen LogP contribution >= 0.6 is 0 Å². The van der Waals surface area contributed by atoms with E-state index >= 15 is 0 Å². The van der Waals surface area contributed by atoms with Gasteiger partial charge in [-0.05, 0) is 49.6 Å². The van der Waals surface area contributed by atoms with Crippen molar-refractivity contribution in [2.75, 3.05) is 5.73 Å². The molecule has 94 valence electrons. The van der Waals surface area contributed by atoms with Crippen LogP contribution in [0.25, 0.3) is 0 Å². The number of imidazole rings is 1. The van der Waals surface area contributed by atoms with Crippen LogP contribution in [-0.4, -0.2) is 21.0 Å². The van der Waals surface area contributed by atoms with E-state index in [1.165, 1.54) is 4.68 Å². The summed E-state index contributed by atoms with van der Waals surface area (Å²) in [6, 6.07) is 3.73. The number of hydrogen-bond acceptors (Lipinski definition) is 4. The number of hydrogen-bond donors (Lipinski definition) is 2. The summed E-state index contributed by atoms with van der Waals surface area (Å²) >= 11 is 0. The first kappa shape index (κ1) is 12.2. The van der Waals surface area contributed by atoms with Gasteiger partial charge in [0.25, 0.3) is 0 Å². The monoisotopic (exact) mass is 244 g/mol. The summed E-state index contributed by atoms with van der Waals surface area (Å²) in [5.74, 6) is 0.682. The van der Waals surface area contributed by atoms with Gasteiger partial charge in [0.2, 0.25) is 5.95 Å². The highest BCUT2D eigenvalue weighted by atomic mass is 16.3. The fourth-order valence-corrected chi connectivity index (χ4v) is 1.79. The number of phenolic OH excluding ortho intramolecular Hbond substituents is 1. The van der Waals surface area contributed by atoms with Crippen LogP contribution in [0.5, 0.6) is 5.75 Å². The summed E-state index contributed by atoms with van der Waals surface area (Å²) in [6.07, 6.45) is 3.45. The van der Waals surface area contributed by atoms with Gasteiger partial charge < -0.3 is 10.8 Å². The molecule has 0 saturated heterocycles. The molecule has 1 aromatic heterocycles. The number of aryl methyl sites for hydroxylation is 3. The van der Waals surface area contributed by atoms with E-state index < -0.39 is 0 Å². The van der Waals surface area contributed by atoms with Crippen LogP contribution in [0.15, 0.2) is 23.4 Å². The van der Waals surface area contributed by atoms with Gasteiger partial charge in [-0.1, -0.05) is 0 Å². The van der Waals surface area contributed by atoms with Gasteiger partial charge in [0.05, 0.1) is 18.1 Å². The van der Waals surface area contributed by atoms with Gasteiger partial charge in [0.15, 0.2) is 0 Å². The van der Waals surface area contributed by atoms with Crippen molar-refractivity contribution in [2.45, 2.75) is 20.8 Å². The van der Waals surface area contributed by atoms with E-state index in [0.29, 0.717) is 11.7 Å². The van der Waals surface area contributed by atoms with E-state index in [9.17, 15) is 5.11 Å². The largest absolute Gasteiger partial charge is 0.507 e. The highest BCUT2D eigenvalue weighted by molar-refractivity contribution is 5.81. The Morgan fingerprint density at radius 1 is 1.28 bits per heavy atom. The molecule has 0 aliphatic heterocycles. The van der Waals surface area contributed by atoms with Crippen LogP contribution in [-0.2, 0) is 0 Å². The van der Waals surface area contributed by atoms with E-state index in [0.717, 1.165) is 22.4 Å². The zero-order chi connectivity index (χ0) is 13.3. The highest BCUT2D eigenvalue weighted by Gasteiger charge is 2.02. The number of anilines is 1. The number of aromatic nitrogens is 2. The van der Waals surface area contributed by atoms with Gasteiger partial charge in [-0.15, -0.1) is 0 Å². The van der Waals surface area contributed by atoms with Crippen LogP contribution in [0.1, 0.15) is 22.4 Å². The SMILES string of the molecule is Cc1cn(N=Cc2cc(C)c(O)c(C)c2)c(N)n1. The summed E-state index contributed by atoms with van der Waals surface area (Å²) in [5, 5.41) is 13.9. The van der Waals surface area contributed by atoms with Crippen molar-refractivity contribution in [3.05, 3.63) is 40.7 Å². The molecule has 0 aliphatic rings. The molecule has 0 fully saturated rings. The van der Waals surface area contributed by atoms with Crippen molar-refractivity contribution in [3.63, 3.8) is 0 Å². The molecule has 0 saturated carbocycles. The molecule has 0 bridgehead atoms. The third-order valence-corrected chi connectivity index (χ3v) is 2.68. The summed E-state index contributed by atoms with van der Waals surface area (Å²) in [5.41, 5.74) is 9.07. The standard InChI is InChI=1S/C13H16N4O/c1-8-4-11(5-9(2)12(8)18)6-15-17-7-10(3)16-13(17)14/h4-7,18H,1-3H3,(H2,14,16). The average Bonchev–Trinajstić information content (AvgIpc) is 2.62. The zero-order valence-electron chi connectivity index (χ0n) is 10.7. The van der Waals surface area contributed by atoms with E-state index in [-0.39, 0.29) is 0 Å². The fraction of sp³-hybridized carbons (Fsp3) is 0.231. The Morgan fingerprint density at radius 3 is 2.39 bits per heavy atom. The second kappa shape index (κ2) is 4.52. The maximum atomic E-state index is 9.68. The molecule has 18 heavy (non-hydrogen) atoms. The molecular formula is C13H16N4O. The summed E-state index contributed by atoms with van der Waals surface area (Å²) in [4.78, 5) is 4.06. The molecule has 0 unspecified atom stereocenters. The molecule has 0 aliphatic carbocycles. The van der Waals surface area contributed by atoms with E-state index in [1.54, 1.807) is 12.4 Å². The number of nitrogens with two attached hydrogens (primary N) is 1. The van der Waals surface area contributed by atoms with Gasteiger partial charge in [-0.3, -0.25) is 0 Å². The molecule has 0 spiro atoms. The lowest BCUT2D eigenvalue weighted by Gasteiger charge is -2.04. The van der Waals surface area contributed by atoms with Crippen LogP contribution in [0.3, 0.4) is 0 Å². The predicted octanol–water partition coefficient (Wildman–Crippen LogP) is 1.98. The minimum absolute atomic E-state index is 0.324. The van der Waals surface area contributed by atoms with Crippen LogP contribution in [0.4, 0.5) is 5.95 Å². The average molecular weight is 244 g/mol. The highest BCUT2D eigenvalue weighted by Crippen LogP contribution is 2.22. The van der Waals surface area contributed by atoms with Gasteiger partial charge in [0, 0.05) is 0 Å². The van der Waals surface area contributed by atoms with E-state index in [2.05, 4.69) is 10.1 Å². The number of benzene rings is 1. The van der Waals surface area contributed by atoms with Crippen LogP contribution in [0, 0.1) is 20.8 Å². The number of aromatic hydroxyl groups is 1. The second-order valence-electron chi connectivity index (χ2n) is 4.33.